The molecule has 4 aromatic rings. The molecule has 0 radical (unpaired) electrons. The van der Waals surface area contributed by atoms with Crippen molar-refractivity contribution in [2.75, 3.05) is 7.05 Å². The molecule has 0 saturated heterocycles. The summed E-state index contributed by atoms with van der Waals surface area (Å²) < 4.78 is 1.80. The number of nitrogens with zero attached hydrogens (tertiary/aromatic N) is 3. The molecule has 1 amide bonds. The van der Waals surface area contributed by atoms with Crippen LogP contribution in [0.5, 0.6) is 0 Å². The second-order valence-electron chi connectivity index (χ2n) is 8.55. The summed E-state index contributed by atoms with van der Waals surface area (Å²) in [5.74, 6) is 0.187. The Morgan fingerprint density at radius 3 is 2.85 bits per heavy atom. The van der Waals surface area contributed by atoms with Gasteiger partial charge in [-0.3, -0.25) is 9.59 Å². The predicted octanol–water partition coefficient (Wildman–Crippen LogP) is 4.12. The highest BCUT2D eigenvalue weighted by atomic mass is 16.1. The number of nitrogens with one attached hydrogen (secondary N) is 2. The minimum atomic E-state index is -0.420. The minimum Gasteiger partial charge on any atom is -0.354 e. The van der Waals surface area contributed by atoms with Crippen LogP contribution in [0, 0.1) is 17.2 Å². The summed E-state index contributed by atoms with van der Waals surface area (Å²) in [5, 5.41) is 12.7. The van der Waals surface area contributed by atoms with Gasteiger partial charge in [-0.1, -0.05) is 18.2 Å². The summed E-state index contributed by atoms with van der Waals surface area (Å²) >= 11 is 0. The molecule has 3 aromatic heterocycles. The number of carbonyl (C=O) groups excluding carboxylic acids is 1. The average molecular weight is 450 g/mol. The molecule has 2 N–H and O–H groups in total. The maximum atomic E-state index is 12.3. The fraction of sp³-hybridized carbons (Fsp3) is 0.185. The maximum absolute atomic E-state index is 12.3. The van der Waals surface area contributed by atoms with E-state index in [1.807, 2.05) is 48.8 Å². The van der Waals surface area contributed by atoms with Gasteiger partial charge in [-0.05, 0) is 54.2 Å². The number of carbonyl (C=O) groups is 1. The van der Waals surface area contributed by atoms with Crippen molar-refractivity contribution < 1.29 is 4.79 Å². The highest BCUT2D eigenvalue weighted by Crippen LogP contribution is 2.33. The summed E-state index contributed by atoms with van der Waals surface area (Å²) in [6.45, 7) is 0.763. The van der Waals surface area contributed by atoms with Crippen molar-refractivity contribution >= 4 is 23.0 Å². The van der Waals surface area contributed by atoms with Crippen molar-refractivity contribution in [3.8, 4) is 28.3 Å². The second-order valence-corrected chi connectivity index (χ2v) is 8.55. The number of aromatic nitrogens is 3. The molecular weight excluding hydrogens is 426 g/mol. The van der Waals surface area contributed by atoms with E-state index in [1.54, 1.807) is 22.9 Å². The van der Waals surface area contributed by atoms with E-state index < -0.39 is 5.91 Å². The molecule has 0 unspecified atom stereocenters. The van der Waals surface area contributed by atoms with Crippen LogP contribution in [0.25, 0.3) is 39.4 Å². The van der Waals surface area contributed by atoms with Crippen LogP contribution in [0.3, 0.4) is 0 Å². The number of hydrogen-bond donors (Lipinski definition) is 2. The summed E-state index contributed by atoms with van der Waals surface area (Å²) in [7, 11) is 1.50. The van der Waals surface area contributed by atoms with Gasteiger partial charge in [0.25, 0.3) is 11.5 Å². The van der Waals surface area contributed by atoms with E-state index in [2.05, 4.69) is 21.4 Å². The first-order chi connectivity index (χ1) is 16.6. The second kappa shape index (κ2) is 8.83. The van der Waals surface area contributed by atoms with Gasteiger partial charge in [0.1, 0.15) is 17.3 Å². The molecule has 0 spiro atoms. The third kappa shape index (κ3) is 4.26. The number of fused-ring (bicyclic) bond motifs is 1. The van der Waals surface area contributed by atoms with E-state index in [-0.39, 0.29) is 11.1 Å². The van der Waals surface area contributed by atoms with Gasteiger partial charge >= 0.3 is 0 Å². The van der Waals surface area contributed by atoms with Gasteiger partial charge in [-0.2, -0.15) is 5.26 Å². The van der Waals surface area contributed by atoms with Gasteiger partial charge in [-0.15, -0.1) is 0 Å². The largest absolute Gasteiger partial charge is 0.354 e. The number of nitriles is 1. The van der Waals surface area contributed by atoms with E-state index >= 15 is 0 Å². The molecule has 34 heavy (non-hydrogen) atoms. The standard InChI is InChI=1S/C27H23N5O2/c1-29-27(34)21(12-28)10-18-3-2-4-19(9-18)22-11-23-24(14-31-26(23)30-13-22)20-7-8-25(33)32(16-20)15-17-5-6-17/h2-4,7-11,13-14,16-17H,5-6,15H2,1H3,(H,29,34)(H,30,31)/b21-10+. The third-order valence-electron chi connectivity index (χ3n) is 6.10. The fourth-order valence-electron chi connectivity index (χ4n) is 4.07. The summed E-state index contributed by atoms with van der Waals surface area (Å²) in [6, 6.07) is 15.1. The number of benzene rings is 1. The molecule has 7 heteroatoms. The molecule has 7 nitrogen and oxygen atoms in total. The van der Waals surface area contributed by atoms with Crippen molar-refractivity contribution in [3.63, 3.8) is 0 Å². The minimum absolute atomic E-state index is 0.0210. The Kier molecular flexibility index (Phi) is 5.56. The molecule has 5 rings (SSSR count). The number of hydrogen-bond acceptors (Lipinski definition) is 4. The number of likely N-dealkylation sites (N-methyl/N-ethyl adjacent to an activating group) is 1. The molecule has 3 heterocycles. The number of H-pyrrole nitrogens is 1. The van der Waals surface area contributed by atoms with Crippen molar-refractivity contribution in [1.82, 2.24) is 19.9 Å². The Hall–Kier alpha value is -4.44. The lowest BCUT2D eigenvalue weighted by Crippen LogP contribution is -2.19. The number of amides is 1. The van der Waals surface area contributed by atoms with Gasteiger partial charge in [0.05, 0.1) is 0 Å². The Bertz CT molecular complexity index is 1530. The number of pyridine rings is 2. The molecule has 0 atom stereocenters. The van der Waals surface area contributed by atoms with Crippen LogP contribution in [0.4, 0.5) is 0 Å². The van der Waals surface area contributed by atoms with Crippen LogP contribution >= 0.6 is 0 Å². The van der Waals surface area contributed by atoms with Crippen LogP contribution in [-0.2, 0) is 11.3 Å². The van der Waals surface area contributed by atoms with Gasteiger partial charge in [0.2, 0.25) is 0 Å². The molecule has 1 aliphatic carbocycles. The first-order valence-corrected chi connectivity index (χ1v) is 11.2. The molecule has 0 bridgehead atoms. The van der Waals surface area contributed by atoms with E-state index in [9.17, 15) is 14.9 Å². The first kappa shape index (κ1) is 21.4. The van der Waals surface area contributed by atoms with E-state index in [4.69, 9.17) is 0 Å². The SMILES string of the molecule is CNC(=O)/C(C#N)=C/c1cccc(-c2cnc3[nH]cc(-c4ccc(=O)n(CC5CC5)c4)c3c2)c1. The van der Waals surface area contributed by atoms with Crippen LogP contribution in [0.15, 0.2) is 71.4 Å². The number of rotatable bonds is 6. The zero-order chi connectivity index (χ0) is 23.7. The third-order valence-corrected chi connectivity index (χ3v) is 6.10. The van der Waals surface area contributed by atoms with Crippen molar-refractivity contribution in [3.05, 3.63) is 82.5 Å². The van der Waals surface area contributed by atoms with Crippen LogP contribution < -0.4 is 10.9 Å². The molecule has 1 fully saturated rings. The van der Waals surface area contributed by atoms with Crippen LogP contribution in [0.1, 0.15) is 18.4 Å². The number of aromatic amines is 1. The van der Waals surface area contributed by atoms with Crippen LogP contribution in [-0.4, -0.2) is 27.5 Å². The molecular formula is C27H23N5O2. The van der Waals surface area contributed by atoms with Crippen molar-refractivity contribution in [2.24, 2.45) is 5.92 Å². The molecule has 1 aliphatic rings. The zero-order valence-electron chi connectivity index (χ0n) is 18.7. The lowest BCUT2D eigenvalue weighted by atomic mass is 10.0. The lowest BCUT2D eigenvalue weighted by Gasteiger charge is -2.08. The van der Waals surface area contributed by atoms with Gasteiger partial charge in [0, 0.05) is 60.3 Å². The first-order valence-electron chi connectivity index (χ1n) is 11.2. The molecule has 168 valence electrons. The Balaban J connectivity index is 1.53. The van der Waals surface area contributed by atoms with Gasteiger partial charge < -0.3 is 14.9 Å². The highest BCUT2D eigenvalue weighted by molar-refractivity contribution is 6.01. The summed E-state index contributed by atoms with van der Waals surface area (Å²) in [4.78, 5) is 32.0. The fourth-order valence-corrected chi connectivity index (χ4v) is 4.07. The lowest BCUT2D eigenvalue weighted by molar-refractivity contribution is -0.116. The van der Waals surface area contributed by atoms with Crippen LogP contribution in [0.2, 0.25) is 0 Å². The summed E-state index contributed by atoms with van der Waals surface area (Å²) in [6.07, 6.45) is 9.59. The quantitative estimate of drug-likeness (QED) is 0.341. The summed E-state index contributed by atoms with van der Waals surface area (Å²) in [5.41, 5.74) is 5.36. The smallest absolute Gasteiger partial charge is 0.261 e. The van der Waals surface area contributed by atoms with Crippen molar-refractivity contribution in [2.45, 2.75) is 19.4 Å². The topological polar surface area (TPSA) is 104 Å². The van der Waals surface area contributed by atoms with E-state index in [0.29, 0.717) is 5.92 Å². The normalized spacial score (nSPS) is 13.6. The van der Waals surface area contributed by atoms with Gasteiger partial charge in [-0.25, -0.2) is 4.98 Å². The van der Waals surface area contributed by atoms with E-state index in [1.165, 1.54) is 19.9 Å². The molecule has 0 aliphatic heterocycles. The monoisotopic (exact) mass is 449 g/mol. The highest BCUT2D eigenvalue weighted by Gasteiger charge is 2.22. The molecule has 1 saturated carbocycles. The maximum Gasteiger partial charge on any atom is 0.261 e. The average Bonchev–Trinajstić information content (AvgIpc) is 3.59. The molecule has 1 aromatic carbocycles. The Morgan fingerprint density at radius 2 is 2.09 bits per heavy atom. The Labute approximate surface area is 196 Å². The zero-order valence-corrected chi connectivity index (χ0v) is 18.7. The Morgan fingerprint density at radius 1 is 1.24 bits per heavy atom. The van der Waals surface area contributed by atoms with E-state index in [0.717, 1.165) is 45.4 Å². The predicted molar refractivity (Wildman–Crippen MR) is 132 cm³/mol. The van der Waals surface area contributed by atoms with Gasteiger partial charge in [0.15, 0.2) is 0 Å². The van der Waals surface area contributed by atoms with Crippen molar-refractivity contribution in [1.29, 1.82) is 5.26 Å².